The van der Waals surface area contributed by atoms with Crippen molar-refractivity contribution in [3.8, 4) is 17.9 Å². The lowest BCUT2D eigenvalue weighted by atomic mass is 10.1. The Morgan fingerprint density at radius 3 is 2.74 bits per heavy atom. The van der Waals surface area contributed by atoms with E-state index in [0.29, 0.717) is 17.4 Å². The van der Waals surface area contributed by atoms with Crippen LogP contribution in [-0.4, -0.2) is 22.6 Å². The van der Waals surface area contributed by atoms with Crippen molar-refractivity contribution in [2.45, 2.75) is 38.6 Å². The molecule has 3 rings (SSSR count). The van der Waals surface area contributed by atoms with E-state index >= 15 is 0 Å². The first kappa shape index (κ1) is 18.7. The molecule has 0 aliphatic heterocycles. The molecular formula is C21H24N6. The van der Waals surface area contributed by atoms with E-state index in [0.717, 1.165) is 49.3 Å². The molecule has 0 spiro atoms. The molecule has 2 atom stereocenters. The Morgan fingerprint density at radius 1 is 1.26 bits per heavy atom. The predicted molar refractivity (Wildman–Crippen MR) is 107 cm³/mol. The number of aromatic nitrogens is 2. The first-order valence-electron chi connectivity index (χ1n) is 9.33. The minimum Gasteiger partial charge on any atom is -0.369 e. The molecule has 1 heterocycles. The quantitative estimate of drug-likeness (QED) is 0.707. The van der Waals surface area contributed by atoms with Crippen molar-refractivity contribution in [2.75, 3.05) is 17.2 Å². The Hall–Kier alpha value is -3.09. The van der Waals surface area contributed by atoms with Gasteiger partial charge in [-0.25, -0.2) is 4.98 Å². The Labute approximate surface area is 160 Å². The van der Waals surface area contributed by atoms with Crippen LogP contribution >= 0.6 is 0 Å². The van der Waals surface area contributed by atoms with Crippen LogP contribution in [0, 0.1) is 29.1 Å². The van der Waals surface area contributed by atoms with Crippen LogP contribution in [0.5, 0.6) is 0 Å². The summed E-state index contributed by atoms with van der Waals surface area (Å²) >= 11 is 0. The van der Waals surface area contributed by atoms with Crippen LogP contribution in [0.3, 0.4) is 0 Å². The van der Waals surface area contributed by atoms with E-state index in [1.165, 1.54) is 0 Å². The molecule has 4 N–H and O–H groups in total. The SMILES string of the molecule is CCCNc1nc(Nc2ccc(C#N)cc2)ncc1C#C[C@@H]1CC[C@H](N)C1. The highest BCUT2D eigenvalue weighted by Crippen LogP contribution is 2.24. The van der Waals surface area contributed by atoms with Crippen LogP contribution in [0.25, 0.3) is 0 Å². The largest absolute Gasteiger partial charge is 0.369 e. The maximum atomic E-state index is 8.89. The maximum absolute atomic E-state index is 8.89. The molecule has 2 aromatic rings. The fourth-order valence-corrected chi connectivity index (χ4v) is 3.00. The zero-order valence-electron chi connectivity index (χ0n) is 15.5. The fourth-order valence-electron chi connectivity index (χ4n) is 3.00. The van der Waals surface area contributed by atoms with Gasteiger partial charge < -0.3 is 16.4 Å². The molecule has 1 aliphatic carbocycles. The lowest BCUT2D eigenvalue weighted by Crippen LogP contribution is -2.14. The number of benzene rings is 1. The van der Waals surface area contributed by atoms with Crippen LogP contribution in [0.4, 0.5) is 17.5 Å². The highest BCUT2D eigenvalue weighted by Gasteiger charge is 2.19. The van der Waals surface area contributed by atoms with E-state index in [2.05, 4.69) is 45.4 Å². The van der Waals surface area contributed by atoms with Gasteiger partial charge in [0.25, 0.3) is 0 Å². The van der Waals surface area contributed by atoms with Crippen molar-refractivity contribution in [1.29, 1.82) is 5.26 Å². The van der Waals surface area contributed by atoms with Crippen LogP contribution in [0.15, 0.2) is 30.5 Å². The summed E-state index contributed by atoms with van der Waals surface area (Å²) in [4.78, 5) is 8.97. The minimum atomic E-state index is 0.275. The van der Waals surface area contributed by atoms with Crippen molar-refractivity contribution in [1.82, 2.24) is 9.97 Å². The summed E-state index contributed by atoms with van der Waals surface area (Å²) in [5.74, 6) is 8.14. The number of anilines is 3. The second-order valence-electron chi connectivity index (χ2n) is 6.74. The van der Waals surface area contributed by atoms with E-state index in [4.69, 9.17) is 11.0 Å². The summed E-state index contributed by atoms with van der Waals surface area (Å²) in [6.45, 7) is 2.92. The summed E-state index contributed by atoms with van der Waals surface area (Å²) in [7, 11) is 0. The normalized spacial score (nSPS) is 18.3. The monoisotopic (exact) mass is 360 g/mol. The molecule has 6 heteroatoms. The van der Waals surface area contributed by atoms with Crippen molar-refractivity contribution >= 4 is 17.5 Å². The van der Waals surface area contributed by atoms with Gasteiger partial charge in [0, 0.05) is 24.2 Å². The standard InChI is InChI=1S/C21H24N6/c1-2-11-24-20-17(7-3-15-4-8-18(23)12-15)14-25-21(27-20)26-19-9-5-16(13-22)6-10-19/h5-6,9-10,14-15,18H,2,4,8,11-12,23H2,1H3,(H2,24,25,26,27)/t15-,18+/m1/s1. The predicted octanol–water partition coefficient (Wildman–Crippen LogP) is 3.39. The first-order chi connectivity index (χ1) is 13.2. The molecule has 27 heavy (non-hydrogen) atoms. The Bertz CT molecular complexity index is 872. The molecule has 138 valence electrons. The fraction of sp³-hybridized carbons (Fsp3) is 0.381. The van der Waals surface area contributed by atoms with Gasteiger partial charge >= 0.3 is 0 Å². The number of hydrogen-bond acceptors (Lipinski definition) is 6. The summed E-state index contributed by atoms with van der Waals surface area (Å²) in [5.41, 5.74) is 8.21. The van der Waals surface area contributed by atoms with Gasteiger partial charge in [-0.15, -0.1) is 0 Å². The van der Waals surface area contributed by atoms with Gasteiger partial charge in [-0.05, 0) is 49.9 Å². The first-order valence-corrected chi connectivity index (χ1v) is 9.33. The maximum Gasteiger partial charge on any atom is 0.229 e. The van der Waals surface area contributed by atoms with E-state index < -0.39 is 0 Å². The molecule has 1 aliphatic rings. The third-order valence-electron chi connectivity index (χ3n) is 4.49. The smallest absolute Gasteiger partial charge is 0.229 e. The van der Waals surface area contributed by atoms with E-state index in [9.17, 15) is 0 Å². The van der Waals surface area contributed by atoms with Gasteiger partial charge in [0.2, 0.25) is 5.95 Å². The van der Waals surface area contributed by atoms with Crippen molar-refractivity contribution in [3.63, 3.8) is 0 Å². The third kappa shape index (κ3) is 5.20. The lowest BCUT2D eigenvalue weighted by Gasteiger charge is -2.10. The van der Waals surface area contributed by atoms with E-state index in [1.54, 1.807) is 18.3 Å². The number of nitrogens with one attached hydrogen (secondary N) is 2. The Balaban J connectivity index is 1.78. The number of nitrogens with zero attached hydrogens (tertiary/aromatic N) is 3. The van der Waals surface area contributed by atoms with Crippen molar-refractivity contribution in [3.05, 3.63) is 41.6 Å². The van der Waals surface area contributed by atoms with Gasteiger partial charge in [0.15, 0.2) is 0 Å². The lowest BCUT2D eigenvalue weighted by molar-refractivity contribution is 0.667. The zero-order valence-corrected chi connectivity index (χ0v) is 15.5. The van der Waals surface area contributed by atoms with Crippen LogP contribution < -0.4 is 16.4 Å². The molecule has 0 unspecified atom stereocenters. The average molecular weight is 360 g/mol. The highest BCUT2D eigenvalue weighted by molar-refractivity contribution is 5.60. The number of nitrogens with two attached hydrogens (primary N) is 1. The molecule has 0 saturated heterocycles. The topological polar surface area (TPSA) is 99.6 Å². The zero-order chi connectivity index (χ0) is 19.1. The van der Waals surface area contributed by atoms with E-state index in [1.807, 2.05) is 12.1 Å². The number of nitriles is 1. The number of hydrogen-bond donors (Lipinski definition) is 3. The van der Waals surface area contributed by atoms with Crippen LogP contribution in [0.2, 0.25) is 0 Å². The third-order valence-corrected chi connectivity index (χ3v) is 4.49. The number of rotatable bonds is 5. The average Bonchev–Trinajstić information content (AvgIpc) is 3.11. The van der Waals surface area contributed by atoms with Gasteiger partial charge in [-0.3, -0.25) is 0 Å². The molecular weight excluding hydrogens is 336 g/mol. The molecule has 6 nitrogen and oxygen atoms in total. The van der Waals surface area contributed by atoms with Crippen LogP contribution in [0.1, 0.15) is 43.7 Å². The molecule has 1 fully saturated rings. The summed E-state index contributed by atoms with van der Waals surface area (Å²) in [5, 5.41) is 15.4. The highest BCUT2D eigenvalue weighted by atomic mass is 15.1. The summed E-state index contributed by atoms with van der Waals surface area (Å²) in [6, 6.07) is 9.55. The summed E-state index contributed by atoms with van der Waals surface area (Å²) in [6.07, 6.45) is 5.81. The minimum absolute atomic E-state index is 0.275. The van der Waals surface area contributed by atoms with Gasteiger partial charge in [0.05, 0.1) is 23.4 Å². The van der Waals surface area contributed by atoms with E-state index in [-0.39, 0.29) is 6.04 Å². The van der Waals surface area contributed by atoms with Crippen molar-refractivity contribution < 1.29 is 0 Å². The molecule has 0 bridgehead atoms. The van der Waals surface area contributed by atoms with Crippen LogP contribution in [-0.2, 0) is 0 Å². The van der Waals surface area contributed by atoms with Crippen molar-refractivity contribution in [2.24, 2.45) is 11.7 Å². The van der Waals surface area contributed by atoms with Gasteiger partial charge in [0.1, 0.15) is 5.82 Å². The van der Waals surface area contributed by atoms with Gasteiger partial charge in [-0.2, -0.15) is 10.2 Å². The molecule has 0 amide bonds. The Morgan fingerprint density at radius 2 is 2.07 bits per heavy atom. The molecule has 1 aromatic heterocycles. The second kappa shape index (κ2) is 9.02. The molecule has 1 saturated carbocycles. The van der Waals surface area contributed by atoms with Gasteiger partial charge in [-0.1, -0.05) is 18.8 Å². The Kier molecular flexibility index (Phi) is 6.25. The summed E-state index contributed by atoms with van der Waals surface area (Å²) < 4.78 is 0. The second-order valence-corrected chi connectivity index (χ2v) is 6.74. The molecule has 1 aromatic carbocycles. The molecule has 0 radical (unpaired) electrons.